The van der Waals surface area contributed by atoms with Crippen LogP contribution in [0.4, 0.5) is 0 Å². The normalized spacial score (nSPS) is 10.5. The van der Waals surface area contributed by atoms with Gasteiger partial charge in [0, 0.05) is 18.3 Å². The molecule has 25 heavy (non-hydrogen) atoms. The molecule has 134 valence electrons. The fourth-order valence-corrected chi connectivity index (χ4v) is 2.14. The third kappa shape index (κ3) is 5.30. The molecule has 0 atom stereocenters. The molecule has 1 heterocycles. The highest BCUT2D eigenvalue weighted by molar-refractivity contribution is 7.80. The van der Waals surface area contributed by atoms with Crippen LogP contribution in [-0.4, -0.2) is 37.1 Å². The molecule has 2 N–H and O–H groups in total. The maximum absolute atomic E-state index is 5.37. The molecule has 0 bridgehead atoms. The zero-order valence-electron chi connectivity index (χ0n) is 14.5. The summed E-state index contributed by atoms with van der Waals surface area (Å²) in [7, 11) is 4.92. The molecule has 1 aromatic heterocycles. The van der Waals surface area contributed by atoms with E-state index in [0.717, 1.165) is 17.0 Å². The third-order valence-electron chi connectivity index (χ3n) is 3.28. The van der Waals surface area contributed by atoms with Crippen molar-refractivity contribution in [1.29, 1.82) is 0 Å². The smallest absolute Gasteiger partial charge is 0.186 e. The van der Waals surface area contributed by atoms with E-state index in [4.69, 9.17) is 21.7 Å². The summed E-state index contributed by atoms with van der Waals surface area (Å²) in [5, 5.41) is 7.65. The topological polar surface area (TPSA) is 67.8 Å². The number of hydrogen-bond acceptors (Lipinski definition) is 5. The quantitative estimate of drug-likeness (QED) is 0.472. The molecule has 0 saturated carbocycles. The second-order valence-electron chi connectivity index (χ2n) is 4.89. The Labute approximate surface area is 159 Å². The van der Waals surface area contributed by atoms with E-state index < -0.39 is 0 Å². The van der Waals surface area contributed by atoms with E-state index in [1.165, 1.54) is 0 Å². The van der Waals surface area contributed by atoms with Gasteiger partial charge < -0.3 is 14.8 Å². The highest BCUT2D eigenvalue weighted by atomic mass is 35.5. The van der Waals surface area contributed by atoms with Gasteiger partial charge in [-0.15, -0.1) is 12.4 Å². The molecule has 6 nitrogen and oxygen atoms in total. The fraction of sp³-hybridized carbons (Fsp3) is 0.235. The number of hydrogen-bond donors (Lipinski definition) is 2. The van der Waals surface area contributed by atoms with Crippen molar-refractivity contribution in [2.45, 2.75) is 6.92 Å². The summed E-state index contributed by atoms with van der Waals surface area (Å²) in [5.41, 5.74) is 5.92. The standard InChI is InChI=1S/C17H20N4O2S.ClH/c1-11-6-5-7-13(19-11)16(20-21-17(24)18-2)12-8-9-14(22-3)15(10-12)23-4;/h5-10H,1-4H3,(H2,18,21,24);1H/b20-16+;. The Morgan fingerprint density at radius 3 is 2.44 bits per heavy atom. The first kappa shape index (κ1) is 20.7. The summed E-state index contributed by atoms with van der Waals surface area (Å²) in [5.74, 6) is 1.27. The van der Waals surface area contributed by atoms with Crippen LogP contribution < -0.4 is 20.2 Å². The lowest BCUT2D eigenvalue weighted by Gasteiger charge is -2.12. The number of ether oxygens (including phenoxy) is 2. The summed E-state index contributed by atoms with van der Waals surface area (Å²) >= 11 is 5.09. The molecule has 0 amide bonds. The van der Waals surface area contributed by atoms with Crippen LogP contribution in [-0.2, 0) is 0 Å². The Hall–Kier alpha value is -2.38. The number of hydrazone groups is 1. The van der Waals surface area contributed by atoms with Gasteiger partial charge in [-0.05, 0) is 49.5 Å². The lowest BCUT2D eigenvalue weighted by molar-refractivity contribution is 0.355. The molecule has 0 aliphatic carbocycles. The molecule has 0 radical (unpaired) electrons. The van der Waals surface area contributed by atoms with E-state index in [0.29, 0.717) is 22.3 Å². The van der Waals surface area contributed by atoms with Crippen LogP contribution in [0.25, 0.3) is 0 Å². The second-order valence-corrected chi connectivity index (χ2v) is 5.29. The maximum atomic E-state index is 5.37. The summed E-state index contributed by atoms with van der Waals surface area (Å²) in [6.45, 7) is 1.93. The van der Waals surface area contributed by atoms with Gasteiger partial charge in [0.2, 0.25) is 0 Å². The van der Waals surface area contributed by atoms with Gasteiger partial charge in [0.25, 0.3) is 0 Å². The van der Waals surface area contributed by atoms with Crippen molar-refractivity contribution in [2.24, 2.45) is 5.10 Å². The third-order valence-corrected chi connectivity index (χ3v) is 3.58. The number of rotatable bonds is 5. The number of halogens is 1. The minimum Gasteiger partial charge on any atom is -0.493 e. The average molecular weight is 381 g/mol. The van der Waals surface area contributed by atoms with E-state index >= 15 is 0 Å². The molecule has 2 aromatic rings. The zero-order valence-corrected chi connectivity index (χ0v) is 16.1. The van der Waals surface area contributed by atoms with Crippen molar-refractivity contribution >= 4 is 35.4 Å². The molecule has 8 heteroatoms. The zero-order chi connectivity index (χ0) is 17.5. The first-order valence-electron chi connectivity index (χ1n) is 7.31. The largest absolute Gasteiger partial charge is 0.493 e. The fourth-order valence-electron chi connectivity index (χ4n) is 2.09. The van der Waals surface area contributed by atoms with Crippen LogP contribution in [0.5, 0.6) is 11.5 Å². The van der Waals surface area contributed by atoms with Crippen molar-refractivity contribution in [3.05, 3.63) is 53.3 Å². The van der Waals surface area contributed by atoms with Gasteiger partial charge in [-0.1, -0.05) is 6.07 Å². The minimum absolute atomic E-state index is 0. The molecule has 0 unspecified atom stereocenters. The number of thiocarbonyl (C=S) groups is 1. The van der Waals surface area contributed by atoms with Crippen LogP contribution in [0, 0.1) is 6.92 Å². The predicted octanol–water partition coefficient (Wildman–Crippen LogP) is 2.68. The van der Waals surface area contributed by atoms with Gasteiger partial charge in [-0.2, -0.15) is 5.10 Å². The second kappa shape index (κ2) is 9.80. The van der Waals surface area contributed by atoms with Crippen LogP contribution >= 0.6 is 24.6 Å². The Morgan fingerprint density at radius 2 is 1.84 bits per heavy atom. The van der Waals surface area contributed by atoms with Crippen LogP contribution in [0.2, 0.25) is 0 Å². The first-order chi connectivity index (χ1) is 11.6. The molecular formula is C17H21ClN4O2S. The van der Waals surface area contributed by atoms with E-state index in [-0.39, 0.29) is 12.4 Å². The Bertz CT molecular complexity index is 768. The number of aromatic nitrogens is 1. The van der Waals surface area contributed by atoms with Gasteiger partial charge in [-0.25, -0.2) is 0 Å². The summed E-state index contributed by atoms with van der Waals surface area (Å²) in [6, 6.07) is 11.3. The van der Waals surface area contributed by atoms with E-state index in [9.17, 15) is 0 Å². The SMILES string of the molecule is CNC(=S)N/N=C(\c1ccc(OC)c(OC)c1)c1cccc(C)n1.Cl. The number of methoxy groups -OCH3 is 2. The monoisotopic (exact) mass is 380 g/mol. The molecule has 1 aromatic carbocycles. The minimum atomic E-state index is 0. The van der Waals surface area contributed by atoms with Gasteiger partial charge in [0.05, 0.1) is 19.9 Å². The highest BCUT2D eigenvalue weighted by Crippen LogP contribution is 2.28. The summed E-state index contributed by atoms with van der Waals surface area (Å²) < 4.78 is 10.7. The lowest BCUT2D eigenvalue weighted by atomic mass is 10.1. The first-order valence-corrected chi connectivity index (χ1v) is 7.71. The van der Waals surface area contributed by atoms with Gasteiger partial charge in [0.1, 0.15) is 5.71 Å². The number of benzene rings is 1. The van der Waals surface area contributed by atoms with E-state index in [1.54, 1.807) is 21.3 Å². The van der Waals surface area contributed by atoms with Crippen molar-refractivity contribution in [1.82, 2.24) is 15.7 Å². The molecule has 0 spiro atoms. The molecule has 2 rings (SSSR count). The summed E-state index contributed by atoms with van der Waals surface area (Å²) in [6.07, 6.45) is 0. The molecule has 0 saturated heterocycles. The highest BCUT2D eigenvalue weighted by Gasteiger charge is 2.13. The predicted molar refractivity (Wildman–Crippen MR) is 106 cm³/mol. The van der Waals surface area contributed by atoms with Gasteiger partial charge in [-0.3, -0.25) is 10.4 Å². The number of nitrogens with zero attached hydrogens (tertiary/aromatic N) is 2. The van der Waals surface area contributed by atoms with Crippen molar-refractivity contribution in [3.8, 4) is 11.5 Å². The van der Waals surface area contributed by atoms with E-state index in [1.807, 2.05) is 43.3 Å². The van der Waals surface area contributed by atoms with Crippen molar-refractivity contribution in [3.63, 3.8) is 0 Å². The molecule has 0 aliphatic rings. The van der Waals surface area contributed by atoms with E-state index in [2.05, 4.69) is 20.8 Å². The summed E-state index contributed by atoms with van der Waals surface area (Å²) in [4.78, 5) is 4.55. The average Bonchev–Trinajstić information content (AvgIpc) is 2.61. The molecule has 0 aliphatic heterocycles. The van der Waals surface area contributed by atoms with Gasteiger partial charge >= 0.3 is 0 Å². The van der Waals surface area contributed by atoms with Crippen molar-refractivity contribution < 1.29 is 9.47 Å². The van der Waals surface area contributed by atoms with Crippen LogP contribution in [0.3, 0.4) is 0 Å². The Kier molecular flexibility index (Phi) is 8.10. The Morgan fingerprint density at radius 1 is 1.12 bits per heavy atom. The number of aryl methyl sites for hydroxylation is 1. The molecular weight excluding hydrogens is 360 g/mol. The maximum Gasteiger partial charge on any atom is 0.186 e. The van der Waals surface area contributed by atoms with Crippen LogP contribution in [0.15, 0.2) is 41.5 Å². The number of pyridine rings is 1. The lowest BCUT2D eigenvalue weighted by Crippen LogP contribution is -2.29. The Balaban J connectivity index is 0.00000312. The van der Waals surface area contributed by atoms with Crippen LogP contribution in [0.1, 0.15) is 17.0 Å². The number of nitrogens with one attached hydrogen (secondary N) is 2. The molecule has 0 fully saturated rings. The van der Waals surface area contributed by atoms with Gasteiger partial charge in [0.15, 0.2) is 16.6 Å². The van der Waals surface area contributed by atoms with Crippen molar-refractivity contribution in [2.75, 3.05) is 21.3 Å².